The summed E-state index contributed by atoms with van der Waals surface area (Å²) in [7, 11) is 0. The lowest BCUT2D eigenvalue weighted by atomic mass is 9.95. The summed E-state index contributed by atoms with van der Waals surface area (Å²) in [5, 5.41) is 0. The Bertz CT molecular complexity index is 597. The Morgan fingerprint density at radius 2 is 1.26 bits per heavy atom. The van der Waals surface area contributed by atoms with Crippen LogP contribution in [0.2, 0.25) is 0 Å². The van der Waals surface area contributed by atoms with Crippen molar-refractivity contribution >= 4 is 11.1 Å². The Balaban J connectivity index is 1.67. The van der Waals surface area contributed by atoms with E-state index in [1.54, 1.807) is 0 Å². The van der Waals surface area contributed by atoms with Gasteiger partial charge >= 0.3 is 0 Å². The molecular formula is C17H14N2. The summed E-state index contributed by atoms with van der Waals surface area (Å²) in [6.07, 6.45) is 9.66. The molecular weight excluding hydrogens is 232 g/mol. The molecule has 0 saturated heterocycles. The number of rotatable bonds is 2. The van der Waals surface area contributed by atoms with E-state index in [2.05, 4.69) is 46.4 Å². The van der Waals surface area contributed by atoms with Crippen molar-refractivity contribution in [2.75, 3.05) is 0 Å². The van der Waals surface area contributed by atoms with E-state index in [1.807, 2.05) is 24.5 Å². The molecule has 2 atom stereocenters. The van der Waals surface area contributed by atoms with E-state index in [1.165, 1.54) is 17.6 Å². The molecule has 0 aliphatic heterocycles. The van der Waals surface area contributed by atoms with Gasteiger partial charge in [-0.2, -0.15) is 0 Å². The van der Waals surface area contributed by atoms with Gasteiger partial charge in [0.1, 0.15) is 0 Å². The van der Waals surface area contributed by atoms with Crippen molar-refractivity contribution < 1.29 is 0 Å². The van der Waals surface area contributed by atoms with Gasteiger partial charge in [0, 0.05) is 24.2 Å². The first-order valence-electron chi connectivity index (χ1n) is 6.68. The van der Waals surface area contributed by atoms with Gasteiger partial charge in [-0.15, -0.1) is 0 Å². The Kier molecular flexibility index (Phi) is 2.34. The Morgan fingerprint density at radius 1 is 0.737 bits per heavy atom. The van der Waals surface area contributed by atoms with Crippen molar-refractivity contribution in [3.63, 3.8) is 0 Å². The first-order chi connectivity index (χ1) is 9.42. The van der Waals surface area contributed by atoms with Crippen LogP contribution in [-0.2, 0) is 0 Å². The van der Waals surface area contributed by atoms with Crippen LogP contribution in [0.25, 0.3) is 11.1 Å². The molecule has 0 saturated carbocycles. The van der Waals surface area contributed by atoms with Gasteiger partial charge < -0.3 is 0 Å². The fourth-order valence-corrected chi connectivity index (χ4v) is 3.14. The average molecular weight is 246 g/mol. The molecule has 2 aromatic heterocycles. The molecule has 0 amide bonds. The maximum atomic E-state index is 4.46. The largest absolute Gasteiger partial charge is 0.257 e. The van der Waals surface area contributed by atoms with Crippen molar-refractivity contribution in [2.24, 2.45) is 11.8 Å². The van der Waals surface area contributed by atoms with Gasteiger partial charge in [-0.25, -0.2) is 0 Å². The summed E-state index contributed by atoms with van der Waals surface area (Å²) in [6.45, 7) is 0. The first kappa shape index (κ1) is 10.7. The SMILES string of the molecule is C1=C(c2ccccn2)[C@@H]2C=C(c3ccccn3)[C@H]1C2. The Labute approximate surface area is 112 Å². The molecule has 2 aromatic rings. The molecule has 2 heteroatoms. The quantitative estimate of drug-likeness (QED) is 0.809. The predicted molar refractivity (Wildman–Crippen MR) is 76.0 cm³/mol. The third-order valence-corrected chi connectivity index (χ3v) is 3.99. The van der Waals surface area contributed by atoms with Gasteiger partial charge in [-0.05, 0) is 41.8 Å². The summed E-state index contributed by atoms with van der Waals surface area (Å²) < 4.78 is 0. The normalized spacial score (nSPS) is 24.2. The van der Waals surface area contributed by atoms with Crippen LogP contribution in [0.4, 0.5) is 0 Å². The van der Waals surface area contributed by atoms with Crippen molar-refractivity contribution in [3.8, 4) is 0 Å². The summed E-state index contributed by atoms with van der Waals surface area (Å²) >= 11 is 0. The van der Waals surface area contributed by atoms with Crippen LogP contribution in [0.15, 0.2) is 60.9 Å². The van der Waals surface area contributed by atoms with Crippen molar-refractivity contribution in [1.29, 1.82) is 0 Å². The minimum Gasteiger partial charge on any atom is -0.257 e. The molecule has 19 heavy (non-hydrogen) atoms. The lowest BCUT2D eigenvalue weighted by Gasteiger charge is -2.12. The standard InChI is InChI=1S/C17H14N2/c1-3-7-18-16(5-1)14-10-13-9-12(14)11-15(13)17-6-2-4-8-19-17/h1-8,10-13H,9H2/t12-,13-/m0/s1. The molecule has 0 radical (unpaired) electrons. The highest BCUT2D eigenvalue weighted by Crippen LogP contribution is 2.49. The van der Waals surface area contributed by atoms with Crippen LogP contribution in [0, 0.1) is 11.8 Å². The molecule has 2 bridgehead atoms. The van der Waals surface area contributed by atoms with E-state index in [-0.39, 0.29) is 0 Å². The highest BCUT2D eigenvalue weighted by Gasteiger charge is 2.35. The predicted octanol–water partition coefficient (Wildman–Crippen LogP) is 3.59. The van der Waals surface area contributed by atoms with E-state index in [0.29, 0.717) is 11.8 Å². The van der Waals surface area contributed by atoms with Gasteiger partial charge in [-0.1, -0.05) is 24.3 Å². The van der Waals surface area contributed by atoms with E-state index in [0.717, 1.165) is 11.4 Å². The summed E-state index contributed by atoms with van der Waals surface area (Å²) in [6, 6.07) is 12.2. The zero-order chi connectivity index (χ0) is 12.7. The van der Waals surface area contributed by atoms with Crippen LogP contribution in [0.5, 0.6) is 0 Å². The van der Waals surface area contributed by atoms with Crippen LogP contribution < -0.4 is 0 Å². The molecule has 0 aromatic carbocycles. The van der Waals surface area contributed by atoms with E-state index < -0.39 is 0 Å². The second kappa shape index (κ2) is 4.16. The molecule has 2 nitrogen and oxygen atoms in total. The molecule has 4 rings (SSSR count). The molecule has 2 aliphatic rings. The second-order valence-electron chi connectivity index (χ2n) is 5.12. The maximum Gasteiger partial charge on any atom is 0.0664 e. The van der Waals surface area contributed by atoms with Gasteiger partial charge in [0.05, 0.1) is 11.4 Å². The van der Waals surface area contributed by atoms with Gasteiger partial charge in [-0.3, -0.25) is 9.97 Å². The van der Waals surface area contributed by atoms with Gasteiger partial charge in [0.25, 0.3) is 0 Å². The number of pyridine rings is 2. The van der Waals surface area contributed by atoms with E-state index in [9.17, 15) is 0 Å². The van der Waals surface area contributed by atoms with Crippen LogP contribution in [0.1, 0.15) is 17.8 Å². The van der Waals surface area contributed by atoms with E-state index in [4.69, 9.17) is 0 Å². The molecule has 0 fully saturated rings. The minimum absolute atomic E-state index is 0.511. The third kappa shape index (κ3) is 1.72. The maximum absolute atomic E-state index is 4.46. The summed E-state index contributed by atoms with van der Waals surface area (Å²) in [5.41, 5.74) is 4.99. The first-order valence-corrected chi connectivity index (χ1v) is 6.68. The second-order valence-corrected chi connectivity index (χ2v) is 5.12. The lowest BCUT2D eigenvalue weighted by Crippen LogP contribution is -1.98. The molecule has 0 unspecified atom stereocenters. The number of hydrogen-bond donors (Lipinski definition) is 0. The number of aromatic nitrogens is 2. The zero-order valence-electron chi connectivity index (χ0n) is 10.5. The number of nitrogens with zero attached hydrogens (tertiary/aromatic N) is 2. The molecule has 92 valence electrons. The third-order valence-electron chi connectivity index (χ3n) is 3.99. The highest BCUT2D eigenvalue weighted by molar-refractivity contribution is 5.82. The van der Waals surface area contributed by atoms with Crippen LogP contribution >= 0.6 is 0 Å². The molecule has 2 aliphatic carbocycles. The van der Waals surface area contributed by atoms with Crippen LogP contribution in [0.3, 0.4) is 0 Å². The van der Waals surface area contributed by atoms with Gasteiger partial charge in [0.15, 0.2) is 0 Å². The number of allylic oxidation sites excluding steroid dienone is 4. The Morgan fingerprint density at radius 3 is 1.63 bits per heavy atom. The van der Waals surface area contributed by atoms with E-state index >= 15 is 0 Å². The smallest absolute Gasteiger partial charge is 0.0664 e. The summed E-state index contributed by atoms with van der Waals surface area (Å²) in [5.74, 6) is 1.02. The minimum atomic E-state index is 0.511. The fraction of sp³-hybridized carbons (Fsp3) is 0.176. The fourth-order valence-electron chi connectivity index (χ4n) is 3.14. The lowest BCUT2D eigenvalue weighted by molar-refractivity contribution is 0.743. The zero-order valence-corrected chi connectivity index (χ0v) is 10.5. The highest BCUT2D eigenvalue weighted by atomic mass is 14.7. The van der Waals surface area contributed by atoms with Crippen molar-refractivity contribution in [2.45, 2.75) is 6.42 Å². The molecule has 0 spiro atoms. The van der Waals surface area contributed by atoms with Gasteiger partial charge in [0.2, 0.25) is 0 Å². The van der Waals surface area contributed by atoms with Crippen LogP contribution in [-0.4, -0.2) is 9.97 Å². The number of hydrogen-bond acceptors (Lipinski definition) is 2. The number of fused-ring (bicyclic) bond motifs is 2. The summed E-state index contributed by atoms with van der Waals surface area (Å²) in [4.78, 5) is 8.93. The average Bonchev–Trinajstić information content (AvgIpc) is 3.09. The van der Waals surface area contributed by atoms with Crippen molar-refractivity contribution in [3.05, 3.63) is 72.3 Å². The molecule has 2 heterocycles. The van der Waals surface area contributed by atoms with Crippen molar-refractivity contribution in [1.82, 2.24) is 9.97 Å². The molecule has 0 N–H and O–H groups in total. The Hall–Kier alpha value is -2.22. The topological polar surface area (TPSA) is 25.8 Å². The monoisotopic (exact) mass is 246 g/mol.